The van der Waals surface area contributed by atoms with Gasteiger partial charge < -0.3 is 19.5 Å². The Morgan fingerprint density at radius 1 is 1.25 bits per heavy atom. The van der Waals surface area contributed by atoms with Crippen LogP contribution in [-0.2, 0) is 19.8 Å². The van der Waals surface area contributed by atoms with E-state index in [0.717, 1.165) is 34.8 Å². The van der Waals surface area contributed by atoms with Gasteiger partial charge in [-0.1, -0.05) is 0 Å². The summed E-state index contributed by atoms with van der Waals surface area (Å²) in [5.41, 5.74) is -0.0481. The maximum absolute atomic E-state index is 13.0. The van der Waals surface area contributed by atoms with Crippen LogP contribution in [0.1, 0.15) is 27.9 Å². The Balaban J connectivity index is 1.23. The third-order valence-electron chi connectivity index (χ3n) is 5.87. The Labute approximate surface area is 180 Å². The summed E-state index contributed by atoms with van der Waals surface area (Å²) in [5, 5.41) is 3.77. The van der Waals surface area contributed by atoms with Crippen LogP contribution in [0.2, 0.25) is 0 Å². The number of rotatable bonds is 2. The molecule has 2 aromatic heterocycles. The minimum atomic E-state index is -4.53. The molecule has 3 aromatic rings. The molecule has 1 N–H and O–H groups in total. The SMILES string of the molecule is Cn1ccc2cc(CNC(=O)N3CC4(CC(=O)c5ccc(C(F)(F)F)cc5O4)C3)cnc21. The maximum atomic E-state index is 13.0. The number of ketones is 1. The van der Waals surface area contributed by atoms with Gasteiger partial charge in [-0.05, 0) is 35.9 Å². The molecule has 0 aliphatic carbocycles. The zero-order valence-electron chi connectivity index (χ0n) is 17.1. The Hall–Kier alpha value is -3.56. The molecule has 2 amide bonds. The van der Waals surface area contributed by atoms with Crippen molar-refractivity contribution in [2.45, 2.75) is 24.7 Å². The Bertz CT molecular complexity index is 1240. The number of nitrogens with one attached hydrogen (secondary N) is 1. The first-order chi connectivity index (χ1) is 15.1. The van der Waals surface area contributed by atoms with Crippen molar-refractivity contribution in [3.8, 4) is 5.75 Å². The van der Waals surface area contributed by atoms with Crippen molar-refractivity contribution in [1.82, 2.24) is 19.8 Å². The van der Waals surface area contributed by atoms with Gasteiger partial charge in [-0.25, -0.2) is 9.78 Å². The molecule has 2 aliphatic heterocycles. The van der Waals surface area contributed by atoms with Crippen LogP contribution in [0.3, 0.4) is 0 Å². The van der Waals surface area contributed by atoms with E-state index in [1.54, 1.807) is 6.20 Å². The fourth-order valence-electron chi connectivity index (χ4n) is 4.23. The number of benzene rings is 1. The molecule has 5 rings (SSSR count). The fourth-order valence-corrected chi connectivity index (χ4v) is 4.23. The van der Waals surface area contributed by atoms with E-state index in [0.29, 0.717) is 0 Å². The molecule has 0 saturated carbocycles. The number of aryl methyl sites for hydroxylation is 1. The molecule has 1 aromatic carbocycles. The maximum Gasteiger partial charge on any atom is 0.416 e. The molecule has 32 heavy (non-hydrogen) atoms. The number of amides is 2. The molecule has 1 spiro atoms. The monoisotopic (exact) mass is 444 g/mol. The zero-order valence-corrected chi connectivity index (χ0v) is 17.1. The summed E-state index contributed by atoms with van der Waals surface area (Å²) in [5.74, 6) is -0.374. The number of alkyl halides is 3. The van der Waals surface area contributed by atoms with Crippen LogP contribution < -0.4 is 10.1 Å². The molecule has 166 valence electrons. The van der Waals surface area contributed by atoms with Gasteiger partial charge in [0.25, 0.3) is 0 Å². The largest absolute Gasteiger partial charge is 0.482 e. The number of fused-ring (bicyclic) bond motifs is 2. The number of aromatic nitrogens is 2. The number of hydrogen-bond acceptors (Lipinski definition) is 4. The number of nitrogens with zero attached hydrogens (tertiary/aromatic N) is 3. The number of carbonyl (C=O) groups excluding carboxylic acids is 2. The lowest BCUT2D eigenvalue weighted by atomic mass is 9.83. The van der Waals surface area contributed by atoms with Crippen molar-refractivity contribution in [1.29, 1.82) is 0 Å². The first-order valence-electron chi connectivity index (χ1n) is 10.00. The van der Waals surface area contributed by atoms with Crippen molar-refractivity contribution in [3.05, 3.63) is 59.4 Å². The van der Waals surface area contributed by atoms with Crippen molar-refractivity contribution < 1.29 is 27.5 Å². The Morgan fingerprint density at radius 3 is 2.78 bits per heavy atom. The van der Waals surface area contributed by atoms with Crippen molar-refractivity contribution in [2.75, 3.05) is 13.1 Å². The minimum Gasteiger partial charge on any atom is -0.482 e. The molecular formula is C22H19F3N4O3. The highest BCUT2D eigenvalue weighted by molar-refractivity contribution is 6.00. The van der Waals surface area contributed by atoms with Crippen molar-refractivity contribution >= 4 is 22.8 Å². The van der Waals surface area contributed by atoms with E-state index < -0.39 is 17.3 Å². The number of hydrogen-bond donors (Lipinski definition) is 1. The lowest BCUT2D eigenvalue weighted by molar-refractivity contribution is -0.138. The molecular weight excluding hydrogens is 425 g/mol. The number of urea groups is 1. The van der Waals surface area contributed by atoms with Gasteiger partial charge in [0.2, 0.25) is 0 Å². The Kier molecular flexibility index (Phi) is 4.44. The van der Waals surface area contributed by atoms with E-state index in [4.69, 9.17) is 4.74 Å². The van der Waals surface area contributed by atoms with E-state index >= 15 is 0 Å². The molecule has 0 unspecified atom stereocenters. The first kappa shape index (κ1) is 20.3. The molecule has 1 saturated heterocycles. The summed E-state index contributed by atoms with van der Waals surface area (Å²) >= 11 is 0. The topological polar surface area (TPSA) is 76.5 Å². The van der Waals surface area contributed by atoms with Crippen molar-refractivity contribution in [3.63, 3.8) is 0 Å². The average Bonchev–Trinajstić information content (AvgIpc) is 3.09. The summed E-state index contributed by atoms with van der Waals surface area (Å²) in [6, 6.07) is 6.41. The fraction of sp³-hybridized carbons (Fsp3) is 0.318. The standard InChI is InChI=1S/C22H19F3N4O3/c1-28-5-4-14-6-13(9-26-19(14)28)10-27-20(31)29-11-21(12-29)8-17(30)16-3-2-15(22(23,24)25)7-18(16)32-21/h2-7,9H,8,10-12H2,1H3,(H,27,31). The summed E-state index contributed by atoms with van der Waals surface area (Å²) in [4.78, 5) is 30.8. The summed E-state index contributed by atoms with van der Waals surface area (Å²) in [7, 11) is 1.90. The quantitative estimate of drug-likeness (QED) is 0.656. The highest BCUT2D eigenvalue weighted by atomic mass is 19.4. The van der Waals surface area contributed by atoms with Gasteiger partial charge in [-0.2, -0.15) is 13.2 Å². The predicted molar refractivity (Wildman–Crippen MR) is 108 cm³/mol. The summed E-state index contributed by atoms with van der Waals surface area (Å²) < 4.78 is 46.8. The Morgan fingerprint density at radius 2 is 2.03 bits per heavy atom. The van der Waals surface area contributed by atoms with Gasteiger partial charge in [-0.15, -0.1) is 0 Å². The summed E-state index contributed by atoms with van der Waals surface area (Å²) in [6.45, 7) is 0.518. The van der Waals surface area contributed by atoms with Crippen LogP contribution in [0.4, 0.5) is 18.0 Å². The normalized spacial score (nSPS) is 17.1. The van der Waals surface area contributed by atoms with E-state index in [1.807, 2.05) is 29.9 Å². The van der Waals surface area contributed by atoms with E-state index in [2.05, 4.69) is 10.3 Å². The second kappa shape index (κ2) is 6.98. The van der Waals surface area contributed by atoms with Crippen LogP contribution in [0.5, 0.6) is 5.75 Å². The molecule has 0 atom stereocenters. The number of pyridine rings is 1. The predicted octanol–water partition coefficient (Wildman–Crippen LogP) is 3.52. The molecule has 1 fully saturated rings. The number of likely N-dealkylation sites (tertiary alicyclic amines) is 1. The molecule has 2 aliphatic rings. The third-order valence-corrected chi connectivity index (χ3v) is 5.87. The van der Waals surface area contributed by atoms with Gasteiger partial charge in [0, 0.05) is 31.4 Å². The van der Waals surface area contributed by atoms with Gasteiger partial charge in [0.05, 0.1) is 30.6 Å². The number of halogens is 3. The van der Waals surface area contributed by atoms with Crippen LogP contribution >= 0.6 is 0 Å². The second-order valence-electron chi connectivity index (χ2n) is 8.29. The number of carbonyl (C=O) groups is 2. The second-order valence-corrected chi connectivity index (χ2v) is 8.29. The van der Waals surface area contributed by atoms with E-state index in [1.165, 1.54) is 4.90 Å². The highest BCUT2D eigenvalue weighted by Gasteiger charge is 2.52. The molecule has 10 heteroatoms. The molecule has 0 bridgehead atoms. The molecule has 4 heterocycles. The van der Waals surface area contributed by atoms with Gasteiger partial charge in [0.1, 0.15) is 11.4 Å². The van der Waals surface area contributed by atoms with Crippen molar-refractivity contribution in [2.24, 2.45) is 7.05 Å². The number of ether oxygens (including phenoxy) is 1. The highest BCUT2D eigenvalue weighted by Crippen LogP contribution is 2.41. The number of Topliss-reactive ketones (excluding diaryl/α,β-unsaturated/α-hetero) is 1. The van der Waals surface area contributed by atoms with E-state index in [-0.39, 0.29) is 49.2 Å². The first-order valence-corrected chi connectivity index (χ1v) is 10.00. The van der Waals surface area contributed by atoms with Crippen LogP contribution in [0, 0.1) is 0 Å². The lowest BCUT2D eigenvalue weighted by Crippen LogP contribution is -2.69. The van der Waals surface area contributed by atoms with Crippen LogP contribution in [0.15, 0.2) is 42.7 Å². The van der Waals surface area contributed by atoms with Crippen LogP contribution in [-0.4, -0.2) is 45.0 Å². The van der Waals surface area contributed by atoms with Gasteiger partial charge in [-0.3, -0.25) is 4.79 Å². The van der Waals surface area contributed by atoms with Gasteiger partial charge >= 0.3 is 12.2 Å². The molecule has 7 nitrogen and oxygen atoms in total. The zero-order chi connectivity index (χ0) is 22.7. The third kappa shape index (κ3) is 3.45. The van der Waals surface area contributed by atoms with E-state index in [9.17, 15) is 22.8 Å². The lowest BCUT2D eigenvalue weighted by Gasteiger charge is -2.50. The average molecular weight is 444 g/mol. The smallest absolute Gasteiger partial charge is 0.416 e. The van der Waals surface area contributed by atoms with Gasteiger partial charge in [0.15, 0.2) is 11.4 Å². The molecule has 0 radical (unpaired) electrons. The van der Waals surface area contributed by atoms with Crippen LogP contribution in [0.25, 0.3) is 11.0 Å². The summed E-state index contributed by atoms with van der Waals surface area (Å²) in [6.07, 6.45) is -0.919. The minimum absolute atomic E-state index is 0.0176.